The van der Waals surface area contributed by atoms with Gasteiger partial charge in [0.25, 0.3) is 8.32 Å². The Morgan fingerprint density at radius 2 is 1.37 bits per heavy atom. The number of hydrogen-bond acceptors (Lipinski definition) is 2. The predicted octanol–water partition coefficient (Wildman–Crippen LogP) is 9.83. The molecule has 0 bridgehead atoms. The van der Waals surface area contributed by atoms with Crippen LogP contribution < -0.4 is 10.4 Å². The third kappa shape index (κ3) is 9.03. The number of aliphatic hydroxyl groups is 1. The summed E-state index contributed by atoms with van der Waals surface area (Å²) in [5.41, 5.74) is 0. The molecule has 1 N–H and O–H groups in total. The molecule has 2 nitrogen and oxygen atoms in total. The van der Waals surface area contributed by atoms with E-state index in [9.17, 15) is 5.11 Å². The molecule has 1 fully saturated rings. The summed E-state index contributed by atoms with van der Waals surface area (Å²) in [7, 11) is -4.14. The van der Waals surface area contributed by atoms with Gasteiger partial charge in [0.15, 0.2) is 0 Å². The minimum atomic E-state index is -2.53. The largest absolute Gasteiger partial charge is 0.407 e. The maximum atomic E-state index is 11.6. The summed E-state index contributed by atoms with van der Waals surface area (Å²) in [5, 5.41) is 14.3. The summed E-state index contributed by atoms with van der Waals surface area (Å²) in [6.45, 7) is 17.4. The third-order valence-electron chi connectivity index (χ3n) is 9.72. The second-order valence-corrected chi connectivity index (χ2v) is 24.4. The first-order chi connectivity index (χ1) is 20.5. The van der Waals surface area contributed by atoms with E-state index in [1.54, 1.807) is 0 Å². The van der Waals surface area contributed by atoms with Gasteiger partial charge >= 0.3 is 0 Å². The summed E-state index contributed by atoms with van der Waals surface area (Å²) in [5.74, 6) is 0.532. The van der Waals surface area contributed by atoms with Gasteiger partial charge in [-0.15, -0.1) is 0 Å². The summed E-state index contributed by atoms with van der Waals surface area (Å²) in [6, 6.07) is 21.9. The first-order valence-corrected chi connectivity index (χ1v) is 22.3. The zero-order valence-corrected chi connectivity index (χ0v) is 30.3. The number of benzene rings is 2. The third-order valence-corrected chi connectivity index (χ3v) is 18.5. The van der Waals surface area contributed by atoms with Gasteiger partial charge < -0.3 is 9.53 Å². The Balaban J connectivity index is 1.61. The monoisotopic (exact) mass is 616 g/mol. The Labute approximate surface area is 266 Å². The molecule has 236 valence electrons. The lowest BCUT2D eigenvalue weighted by Gasteiger charge is -2.43. The predicted molar refractivity (Wildman–Crippen MR) is 194 cm³/mol. The fourth-order valence-electron chi connectivity index (χ4n) is 7.26. The summed E-state index contributed by atoms with van der Waals surface area (Å²) >= 11 is 0. The molecule has 3 rings (SSSR count). The summed E-state index contributed by atoms with van der Waals surface area (Å²) in [6.07, 6.45) is 23.2. The van der Waals surface area contributed by atoms with Crippen LogP contribution in [0.3, 0.4) is 0 Å². The van der Waals surface area contributed by atoms with Crippen LogP contribution in [-0.4, -0.2) is 34.2 Å². The van der Waals surface area contributed by atoms with Crippen molar-refractivity contribution < 1.29 is 9.53 Å². The van der Waals surface area contributed by atoms with E-state index >= 15 is 0 Å². The molecular weight excluding hydrogens is 557 g/mol. The molecule has 43 heavy (non-hydrogen) atoms. The highest BCUT2D eigenvalue weighted by molar-refractivity contribution is 6.99. The van der Waals surface area contributed by atoms with E-state index in [1.165, 1.54) is 36.1 Å². The minimum absolute atomic E-state index is 0.0151. The lowest BCUT2D eigenvalue weighted by molar-refractivity contribution is 0.148. The molecule has 1 saturated carbocycles. The zero-order valence-electron chi connectivity index (χ0n) is 28.3. The number of aliphatic hydroxyl groups excluding tert-OH is 1. The van der Waals surface area contributed by atoms with E-state index in [0.29, 0.717) is 5.92 Å². The van der Waals surface area contributed by atoms with Crippen LogP contribution in [0.4, 0.5) is 0 Å². The maximum absolute atomic E-state index is 11.6. The molecule has 1 aliphatic rings. The van der Waals surface area contributed by atoms with Crippen molar-refractivity contribution in [3.63, 3.8) is 0 Å². The highest BCUT2D eigenvalue weighted by Crippen LogP contribution is 2.70. The van der Waals surface area contributed by atoms with Gasteiger partial charge in [0, 0.05) is 6.61 Å². The average molecular weight is 617 g/mol. The standard InChI is InChI=1S/C39H60O2Si2/c1-8-9-10-11-12-13-14-15-16-17-18-25-30-37(40)39(42(5,6)7)33-34(39)31-32-41-43(38(2,3)4,35-26-21-19-22-27-35)36-28-23-20-24-29-36/h12-13,15-16,18-29,34,37,40H,8-11,14,17,30-33H2,1-7H3/b13-12+,16-15+,25-18+. The van der Waals surface area contributed by atoms with Gasteiger partial charge in [-0.05, 0) is 71.3 Å². The van der Waals surface area contributed by atoms with E-state index in [1.807, 2.05) is 0 Å². The molecule has 0 radical (unpaired) electrons. The van der Waals surface area contributed by atoms with Crippen LogP contribution in [-0.2, 0) is 4.43 Å². The van der Waals surface area contributed by atoms with Gasteiger partial charge in [-0.2, -0.15) is 0 Å². The van der Waals surface area contributed by atoms with E-state index in [-0.39, 0.29) is 16.2 Å². The van der Waals surface area contributed by atoms with Crippen molar-refractivity contribution >= 4 is 26.8 Å². The first kappa shape index (κ1) is 35.5. The van der Waals surface area contributed by atoms with Crippen LogP contribution in [0.2, 0.25) is 29.7 Å². The zero-order chi connectivity index (χ0) is 31.4. The fourth-order valence-corrected chi connectivity index (χ4v) is 15.2. The lowest BCUT2D eigenvalue weighted by Crippen LogP contribution is -2.66. The smallest absolute Gasteiger partial charge is 0.261 e. The molecule has 0 saturated heterocycles. The van der Waals surface area contributed by atoms with Crippen molar-refractivity contribution in [1.29, 1.82) is 0 Å². The lowest BCUT2D eigenvalue weighted by atomic mass is 10.1. The molecular formula is C39H60O2Si2. The first-order valence-electron chi connectivity index (χ1n) is 16.9. The second kappa shape index (κ2) is 16.4. The Kier molecular flexibility index (Phi) is 13.5. The molecule has 3 atom stereocenters. The molecule has 0 aliphatic heterocycles. The van der Waals surface area contributed by atoms with Crippen LogP contribution in [0, 0.1) is 5.92 Å². The highest BCUT2D eigenvalue weighted by Gasteiger charge is 2.64. The SMILES string of the molecule is CCCCC/C=C/C/C=C/C/C=C/CC(O)C1([Si](C)(C)C)CC1CCO[Si](c1ccccc1)(c1ccccc1)C(C)(C)C. The van der Waals surface area contributed by atoms with Gasteiger partial charge in [0.2, 0.25) is 0 Å². The van der Waals surface area contributed by atoms with Crippen molar-refractivity contribution in [3.05, 3.63) is 97.1 Å². The van der Waals surface area contributed by atoms with E-state index < -0.39 is 16.4 Å². The Hall–Kier alpha value is -1.99. The maximum Gasteiger partial charge on any atom is 0.261 e. The number of allylic oxidation sites excluding steroid dienone is 5. The molecule has 2 aromatic carbocycles. The molecule has 0 aromatic heterocycles. The molecule has 3 unspecified atom stereocenters. The van der Waals surface area contributed by atoms with Crippen molar-refractivity contribution in [1.82, 2.24) is 0 Å². The summed E-state index contributed by atoms with van der Waals surface area (Å²) in [4.78, 5) is 0. The van der Waals surface area contributed by atoms with E-state index in [0.717, 1.165) is 38.7 Å². The Morgan fingerprint density at radius 3 is 1.88 bits per heavy atom. The number of rotatable bonds is 18. The van der Waals surface area contributed by atoms with Crippen molar-refractivity contribution in [2.24, 2.45) is 5.92 Å². The second-order valence-electron chi connectivity index (χ2n) is 14.6. The summed E-state index contributed by atoms with van der Waals surface area (Å²) < 4.78 is 7.23. The molecule has 4 heteroatoms. The van der Waals surface area contributed by atoms with E-state index in [4.69, 9.17) is 4.43 Å². The molecule has 2 aromatic rings. The van der Waals surface area contributed by atoms with Crippen molar-refractivity contribution in [2.45, 2.75) is 121 Å². The Morgan fingerprint density at radius 1 is 0.837 bits per heavy atom. The van der Waals surface area contributed by atoms with Crippen molar-refractivity contribution in [2.75, 3.05) is 6.61 Å². The number of unbranched alkanes of at least 4 members (excludes halogenated alkanes) is 3. The highest BCUT2D eigenvalue weighted by atomic mass is 28.4. The molecule has 0 amide bonds. The van der Waals surface area contributed by atoms with Crippen LogP contribution in [0.15, 0.2) is 97.1 Å². The average Bonchev–Trinajstić information content (AvgIpc) is 3.72. The topological polar surface area (TPSA) is 29.5 Å². The molecule has 1 aliphatic carbocycles. The van der Waals surface area contributed by atoms with Gasteiger partial charge in [-0.1, -0.05) is 157 Å². The van der Waals surface area contributed by atoms with Crippen LogP contribution in [0.25, 0.3) is 0 Å². The van der Waals surface area contributed by atoms with Gasteiger partial charge in [0.1, 0.15) is 0 Å². The Bertz CT molecular complexity index is 1120. The molecule has 0 heterocycles. The van der Waals surface area contributed by atoms with Crippen molar-refractivity contribution in [3.8, 4) is 0 Å². The van der Waals surface area contributed by atoms with E-state index in [2.05, 4.69) is 144 Å². The van der Waals surface area contributed by atoms with Crippen LogP contribution in [0.1, 0.15) is 85.5 Å². The number of hydrogen-bond donors (Lipinski definition) is 1. The quantitative estimate of drug-likeness (QED) is 0.103. The van der Waals surface area contributed by atoms with Crippen LogP contribution >= 0.6 is 0 Å². The fraction of sp³-hybridized carbons (Fsp3) is 0.538. The van der Waals surface area contributed by atoms with Gasteiger partial charge in [-0.25, -0.2) is 0 Å². The normalized spacial score (nSPS) is 20.4. The van der Waals surface area contributed by atoms with Crippen LogP contribution in [0.5, 0.6) is 0 Å². The van der Waals surface area contributed by atoms with Gasteiger partial charge in [-0.3, -0.25) is 0 Å². The molecule has 0 spiro atoms. The van der Waals surface area contributed by atoms with Gasteiger partial charge in [0.05, 0.1) is 14.2 Å². The minimum Gasteiger partial charge on any atom is -0.407 e.